The number of halogens is 2. The Morgan fingerprint density at radius 2 is 1.95 bits per heavy atom. The second-order valence-corrected chi connectivity index (χ2v) is 3.54. The number of benzene rings is 1. The summed E-state index contributed by atoms with van der Waals surface area (Å²) in [4.78, 5) is 11.1. The summed E-state index contributed by atoms with van der Waals surface area (Å²) < 4.78 is 28.6. The monoisotopic (exact) mass is 270 g/mol. The van der Waals surface area contributed by atoms with Crippen LogP contribution in [0.5, 0.6) is 5.75 Å². The lowest BCUT2D eigenvalue weighted by Gasteiger charge is -2.06. The lowest BCUT2D eigenvalue weighted by Crippen LogP contribution is -2.01. The van der Waals surface area contributed by atoms with Gasteiger partial charge in [0, 0.05) is 6.92 Å². The average molecular weight is 270 g/mol. The summed E-state index contributed by atoms with van der Waals surface area (Å²) in [5.74, 6) is -0.959. The third-order valence-electron chi connectivity index (χ3n) is 2.02. The zero-order valence-corrected chi connectivity index (χ0v) is 10.3. The average Bonchev–Trinajstić information content (AvgIpc) is 2.29. The molecule has 1 aromatic rings. The molecule has 0 amide bonds. The Morgan fingerprint density at radius 1 is 1.32 bits per heavy atom. The first-order valence-corrected chi connectivity index (χ1v) is 5.28. The van der Waals surface area contributed by atoms with Gasteiger partial charge >= 0.3 is 6.61 Å². The van der Waals surface area contributed by atoms with Gasteiger partial charge in [0.2, 0.25) is 0 Å². The SMILES string of the molecule is CC(=O)/C(N=Nc1ccccc1OC(F)F)=C(\C)O. The molecule has 0 aliphatic rings. The standard InChI is InChI=1S/C12H12F2N2O3/c1-7(17)11(8(2)18)16-15-9-5-3-4-6-10(9)19-12(13)14/h3-6,12,17H,1-2H3/b11-7-,16-15?. The van der Waals surface area contributed by atoms with Crippen molar-refractivity contribution in [3.63, 3.8) is 0 Å². The molecule has 102 valence electrons. The largest absolute Gasteiger partial charge is 0.510 e. The Morgan fingerprint density at radius 3 is 2.47 bits per heavy atom. The summed E-state index contributed by atoms with van der Waals surface area (Å²) in [5, 5.41) is 16.4. The van der Waals surface area contributed by atoms with Gasteiger partial charge in [-0.1, -0.05) is 12.1 Å². The van der Waals surface area contributed by atoms with Crippen molar-refractivity contribution in [3.8, 4) is 5.75 Å². The van der Waals surface area contributed by atoms with Gasteiger partial charge in [0.1, 0.15) is 11.4 Å². The summed E-state index contributed by atoms with van der Waals surface area (Å²) in [6.07, 6.45) is 0. The van der Waals surface area contributed by atoms with Crippen molar-refractivity contribution in [3.05, 3.63) is 35.7 Å². The minimum atomic E-state index is -2.99. The van der Waals surface area contributed by atoms with E-state index in [-0.39, 0.29) is 22.9 Å². The normalized spacial score (nSPS) is 12.7. The Balaban J connectivity index is 3.05. The van der Waals surface area contributed by atoms with Crippen LogP contribution in [0, 0.1) is 0 Å². The number of ketones is 1. The fourth-order valence-electron chi connectivity index (χ4n) is 1.24. The van der Waals surface area contributed by atoms with Crippen LogP contribution in [0.3, 0.4) is 0 Å². The van der Waals surface area contributed by atoms with Crippen molar-refractivity contribution in [1.82, 2.24) is 0 Å². The van der Waals surface area contributed by atoms with Gasteiger partial charge in [0.25, 0.3) is 0 Å². The molecule has 1 aromatic carbocycles. The molecule has 0 aliphatic heterocycles. The van der Waals surface area contributed by atoms with Gasteiger partial charge < -0.3 is 9.84 Å². The van der Waals surface area contributed by atoms with Crippen molar-refractivity contribution < 1.29 is 23.4 Å². The van der Waals surface area contributed by atoms with E-state index in [4.69, 9.17) is 0 Å². The maximum atomic E-state index is 12.2. The number of carbonyl (C=O) groups is 1. The van der Waals surface area contributed by atoms with Crippen molar-refractivity contribution >= 4 is 11.5 Å². The minimum absolute atomic E-state index is 0.0304. The number of aliphatic hydroxyl groups excluding tert-OH is 1. The zero-order valence-electron chi connectivity index (χ0n) is 10.3. The quantitative estimate of drug-likeness (QED) is 0.503. The molecule has 0 saturated heterocycles. The molecule has 0 heterocycles. The summed E-state index contributed by atoms with van der Waals surface area (Å²) in [7, 11) is 0. The van der Waals surface area contributed by atoms with Crippen LogP contribution in [0.4, 0.5) is 14.5 Å². The number of azo groups is 1. The van der Waals surface area contributed by atoms with E-state index < -0.39 is 12.4 Å². The van der Waals surface area contributed by atoms with Crippen molar-refractivity contribution in [2.24, 2.45) is 10.2 Å². The molecule has 0 radical (unpaired) electrons. The lowest BCUT2D eigenvalue weighted by molar-refractivity contribution is -0.113. The number of ether oxygens (including phenoxy) is 1. The van der Waals surface area contributed by atoms with Gasteiger partial charge in [-0.2, -0.15) is 8.78 Å². The van der Waals surface area contributed by atoms with Crippen LogP contribution in [-0.2, 0) is 4.79 Å². The maximum Gasteiger partial charge on any atom is 0.387 e. The van der Waals surface area contributed by atoms with Crippen LogP contribution in [0.1, 0.15) is 13.8 Å². The molecular formula is C12H12F2N2O3. The van der Waals surface area contributed by atoms with Gasteiger partial charge in [0.05, 0.1) is 0 Å². The Bertz CT molecular complexity index is 523. The molecule has 5 nitrogen and oxygen atoms in total. The highest BCUT2D eigenvalue weighted by atomic mass is 19.3. The van der Waals surface area contributed by atoms with E-state index in [0.29, 0.717) is 0 Å². The third kappa shape index (κ3) is 4.46. The number of Topliss-reactive ketones (excluding diaryl/α,β-unsaturated/α-hetero) is 1. The lowest BCUT2D eigenvalue weighted by atomic mass is 10.3. The fourth-order valence-corrected chi connectivity index (χ4v) is 1.24. The van der Waals surface area contributed by atoms with Crippen LogP contribution in [-0.4, -0.2) is 17.5 Å². The highest BCUT2D eigenvalue weighted by molar-refractivity contribution is 5.93. The number of hydrogen-bond acceptors (Lipinski definition) is 5. The maximum absolute atomic E-state index is 12.2. The molecule has 0 saturated carbocycles. The number of alkyl halides is 2. The first-order chi connectivity index (χ1) is 8.91. The van der Waals surface area contributed by atoms with E-state index in [1.54, 1.807) is 6.07 Å². The first-order valence-electron chi connectivity index (χ1n) is 5.28. The highest BCUT2D eigenvalue weighted by Gasteiger charge is 2.10. The van der Waals surface area contributed by atoms with Crippen LogP contribution in [0.2, 0.25) is 0 Å². The smallest absolute Gasteiger partial charge is 0.387 e. The predicted octanol–water partition coefficient (Wildman–Crippen LogP) is 3.75. The second kappa shape index (κ2) is 6.58. The summed E-state index contributed by atoms with van der Waals surface area (Å²) in [5.41, 5.74) is -0.213. The van der Waals surface area contributed by atoms with Crippen LogP contribution in [0.25, 0.3) is 0 Å². The molecule has 0 spiro atoms. The van der Waals surface area contributed by atoms with Gasteiger partial charge in [-0.3, -0.25) is 4.79 Å². The summed E-state index contributed by atoms with van der Waals surface area (Å²) >= 11 is 0. The Hall–Kier alpha value is -2.31. The van der Waals surface area contributed by atoms with Crippen LogP contribution in [0.15, 0.2) is 46.0 Å². The third-order valence-corrected chi connectivity index (χ3v) is 2.02. The fraction of sp³-hybridized carbons (Fsp3) is 0.250. The van der Waals surface area contributed by atoms with Crippen molar-refractivity contribution in [1.29, 1.82) is 0 Å². The second-order valence-electron chi connectivity index (χ2n) is 3.54. The van der Waals surface area contributed by atoms with E-state index in [9.17, 15) is 18.7 Å². The van der Waals surface area contributed by atoms with Crippen molar-refractivity contribution in [2.45, 2.75) is 20.5 Å². The number of hydrogen-bond donors (Lipinski definition) is 1. The van der Waals surface area contributed by atoms with E-state index in [0.717, 1.165) is 0 Å². The molecule has 0 bridgehead atoms. The number of para-hydroxylation sites is 1. The molecule has 0 aliphatic carbocycles. The van der Waals surface area contributed by atoms with Crippen LogP contribution < -0.4 is 4.74 Å². The van der Waals surface area contributed by atoms with E-state index >= 15 is 0 Å². The van der Waals surface area contributed by atoms with E-state index in [2.05, 4.69) is 15.0 Å². The molecule has 0 fully saturated rings. The number of rotatable bonds is 5. The Kier molecular flexibility index (Phi) is 5.11. The number of nitrogens with zero attached hydrogens (tertiary/aromatic N) is 2. The van der Waals surface area contributed by atoms with Crippen molar-refractivity contribution in [2.75, 3.05) is 0 Å². The van der Waals surface area contributed by atoms with Gasteiger partial charge in [0.15, 0.2) is 17.2 Å². The van der Waals surface area contributed by atoms with Gasteiger partial charge in [-0.25, -0.2) is 0 Å². The van der Waals surface area contributed by atoms with Gasteiger partial charge in [-0.05, 0) is 19.1 Å². The van der Waals surface area contributed by atoms with E-state index in [1.165, 1.54) is 32.0 Å². The molecule has 0 aromatic heterocycles. The molecule has 1 rings (SSSR count). The van der Waals surface area contributed by atoms with E-state index in [1.807, 2.05) is 0 Å². The topological polar surface area (TPSA) is 71.2 Å². The summed E-state index contributed by atoms with van der Waals surface area (Å²) in [6, 6.07) is 5.74. The molecule has 1 N–H and O–H groups in total. The predicted molar refractivity (Wildman–Crippen MR) is 63.6 cm³/mol. The van der Waals surface area contributed by atoms with Crippen LogP contribution >= 0.6 is 0 Å². The number of allylic oxidation sites excluding steroid dienone is 2. The molecule has 7 heteroatoms. The molecular weight excluding hydrogens is 258 g/mol. The summed E-state index contributed by atoms with van der Waals surface area (Å²) in [6.45, 7) is -0.508. The molecule has 0 unspecified atom stereocenters. The minimum Gasteiger partial charge on any atom is -0.510 e. The molecule has 0 atom stereocenters. The van der Waals surface area contributed by atoms with Gasteiger partial charge in [-0.15, -0.1) is 10.2 Å². The molecule has 19 heavy (non-hydrogen) atoms. The first kappa shape index (κ1) is 14.7. The number of carbonyl (C=O) groups excluding carboxylic acids is 1. The highest BCUT2D eigenvalue weighted by Crippen LogP contribution is 2.29. The number of aliphatic hydroxyl groups is 1. The Labute approximate surface area is 108 Å². The zero-order chi connectivity index (χ0) is 14.4.